The molecule has 0 bridgehead atoms. The summed E-state index contributed by atoms with van der Waals surface area (Å²) in [5.41, 5.74) is 6.01. The summed E-state index contributed by atoms with van der Waals surface area (Å²) in [6.07, 6.45) is 1.86. The van der Waals surface area contributed by atoms with Crippen LogP contribution in [-0.4, -0.2) is 17.6 Å². The van der Waals surface area contributed by atoms with E-state index >= 15 is 0 Å². The van der Waals surface area contributed by atoms with Crippen LogP contribution < -0.4 is 29.7 Å². The zero-order valence-electron chi connectivity index (χ0n) is 25.5. The van der Waals surface area contributed by atoms with Crippen molar-refractivity contribution >= 4 is 29.0 Å². The van der Waals surface area contributed by atoms with Crippen molar-refractivity contribution in [3.05, 3.63) is 156 Å². The third kappa shape index (κ3) is 6.10. The minimum absolute atomic E-state index is 0.213. The van der Waals surface area contributed by atoms with Crippen LogP contribution >= 0.6 is 11.3 Å². The number of nitrogens with one attached hydrogen (secondary N) is 1. The van der Waals surface area contributed by atoms with Gasteiger partial charge in [-0.1, -0.05) is 84.1 Å². The first-order chi connectivity index (χ1) is 21.8. The Morgan fingerprint density at radius 3 is 2.36 bits per heavy atom. The first-order valence-corrected chi connectivity index (χ1v) is 15.5. The number of anilines is 1. The summed E-state index contributed by atoms with van der Waals surface area (Å²) in [6, 6.07) is 30.2. The van der Waals surface area contributed by atoms with Crippen LogP contribution in [0.3, 0.4) is 0 Å². The largest absolute Gasteiger partial charge is 0.496 e. The van der Waals surface area contributed by atoms with Gasteiger partial charge < -0.3 is 14.8 Å². The molecule has 2 heterocycles. The number of nitrogens with zero attached hydrogens (tertiary/aromatic N) is 2. The van der Waals surface area contributed by atoms with Crippen molar-refractivity contribution in [2.24, 2.45) is 4.99 Å². The first-order valence-electron chi connectivity index (χ1n) is 14.6. The Morgan fingerprint density at radius 2 is 1.62 bits per heavy atom. The van der Waals surface area contributed by atoms with Gasteiger partial charge in [0.1, 0.15) is 18.1 Å². The van der Waals surface area contributed by atoms with Crippen LogP contribution in [0.2, 0.25) is 0 Å². The Kier molecular flexibility index (Phi) is 8.49. The number of fused-ring (bicyclic) bond motifs is 1. The maximum atomic E-state index is 14.1. The Labute approximate surface area is 265 Å². The van der Waals surface area contributed by atoms with E-state index in [-0.39, 0.29) is 11.5 Å². The highest BCUT2D eigenvalue weighted by Gasteiger charge is 2.32. The zero-order valence-corrected chi connectivity index (χ0v) is 26.4. The molecule has 7 nitrogen and oxygen atoms in total. The molecule has 0 unspecified atom stereocenters. The Morgan fingerprint density at radius 1 is 0.911 bits per heavy atom. The fourth-order valence-corrected chi connectivity index (χ4v) is 6.54. The van der Waals surface area contributed by atoms with Crippen LogP contribution in [0.1, 0.15) is 40.8 Å². The third-order valence-corrected chi connectivity index (χ3v) is 8.84. The third-order valence-electron chi connectivity index (χ3n) is 7.85. The number of carbonyl (C=O) groups excluding carboxylic acids is 1. The number of aryl methyl sites for hydroxylation is 2. The van der Waals surface area contributed by atoms with Crippen molar-refractivity contribution in [3.8, 4) is 11.5 Å². The van der Waals surface area contributed by atoms with Gasteiger partial charge in [0.15, 0.2) is 4.80 Å². The summed E-state index contributed by atoms with van der Waals surface area (Å²) in [5, 5.41) is 3.05. The van der Waals surface area contributed by atoms with E-state index in [1.807, 2.05) is 124 Å². The van der Waals surface area contributed by atoms with Crippen molar-refractivity contribution in [2.75, 3.05) is 12.4 Å². The van der Waals surface area contributed by atoms with E-state index in [9.17, 15) is 9.59 Å². The second-order valence-electron chi connectivity index (χ2n) is 10.9. The second-order valence-corrected chi connectivity index (χ2v) is 11.9. The number of methoxy groups -OCH3 is 1. The van der Waals surface area contributed by atoms with E-state index in [4.69, 9.17) is 14.5 Å². The quantitative estimate of drug-likeness (QED) is 0.230. The molecule has 0 radical (unpaired) electrons. The molecule has 0 aliphatic carbocycles. The molecule has 1 N–H and O–H groups in total. The topological polar surface area (TPSA) is 81.9 Å². The smallest absolute Gasteiger partial charge is 0.271 e. The molecule has 6 rings (SSSR count). The molecule has 5 aromatic rings. The minimum atomic E-state index is -0.637. The molecule has 8 heteroatoms. The van der Waals surface area contributed by atoms with Crippen LogP contribution in [0, 0.1) is 13.8 Å². The molecule has 1 aliphatic rings. The standard InChI is InChI=1S/C37H33N3O4S/c1-23-12-8-10-16-29(23)39-35(41)33-25(3)38-37-40(34(33)27-14-6-5-7-15-27)36(42)32(45-37)21-26-18-19-31(43-4)28(20-26)22-44-30-17-11-9-13-24(30)2/h5-21,34H,22H2,1-4H3,(H,39,41)/t34-/m1/s1. The summed E-state index contributed by atoms with van der Waals surface area (Å²) in [7, 11) is 1.63. The molecule has 226 valence electrons. The molecule has 1 aliphatic heterocycles. The summed E-state index contributed by atoms with van der Waals surface area (Å²) in [4.78, 5) is 33.3. The molecule has 1 aromatic heterocycles. The second kappa shape index (κ2) is 12.8. The van der Waals surface area contributed by atoms with Gasteiger partial charge in [0.2, 0.25) is 0 Å². The number of thiazole rings is 1. The Bertz CT molecular complexity index is 2110. The molecule has 0 fully saturated rings. The summed E-state index contributed by atoms with van der Waals surface area (Å²) >= 11 is 1.31. The average Bonchev–Trinajstić information content (AvgIpc) is 3.35. The van der Waals surface area contributed by atoms with E-state index in [0.29, 0.717) is 38.6 Å². The maximum absolute atomic E-state index is 14.1. The lowest BCUT2D eigenvalue weighted by molar-refractivity contribution is -0.113. The number of aromatic nitrogens is 1. The van der Waals surface area contributed by atoms with E-state index in [2.05, 4.69) is 5.32 Å². The number of amides is 1. The molecule has 0 saturated carbocycles. The Balaban J connectivity index is 1.40. The molecule has 1 amide bonds. The van der Waals surface area contributed by atoms with Crippen LogP contribution in [0.15, 0.2) is 118 Å². The predicted molar refractivity (Wildman–Crippen MR) is 179 cm³/mol. The van der Waals surface area contributed by atoms with Crippen molar-refractivity contribution in [2.45, 2.75) is 33.4 Å². The van der Waals surface area contributed by atoms with Gasteiger partial charge in [0.05, 0.1) is 29.0 Å². The van der Waals surface area contributed by atoms with Gasteiger partial charge >= 0.3 is 0 Å². The lowest BCUT2D eigenvalue weighted by atomic mass is 9.95. The number of benzene rings is 4. The van der Waals surface area contributed by atoms with Crippen molar-refractivity contribution in [3.63, 3.8) is 0 Å². The van der Waals surface area contributed by atoms with Crippen molar-refractivity contribution < 1.29 is 14.3 Å². The number of carbonyl (C=O) groups is 1. The van der Waals surface area contributed by atoms with Gasteiger partial charge in [-0.05, 0) is 73.4 Å². The van der Waals surface area contributed by atoms with Gasteiger partial charge in [0, 0.05) is 11.3 Å². The van der Waals surface area contributed by atoms with E-state index in [1.54, 1.807) is 11.7 Å². The predicted octanol–water partition coefficient (Wildman–Crippen LogP) is 6.08. The molecular weight excluding hydrogens is 582 g/mol. The highest BCUT2D eigenvalue weighted by atomic mass is 32.1. The minimum Gasteiger partial charge on any atom is -0.496 e. The van der Waals surface area contributed by atoms with Gasteiger partial charge in [-0.15, -0.1) is 0 Å². The number of allylic oxidation sites excluding steroid dienone is 1. The van der Waals surface area contributed by atoms with Crippen LogP contribution in [0.4, 0.5) is 5.69 Å². The summed E-state index contributed by atoms with van der Waals surface area (Å²) in [6.45, 7) is 6.08. The lowest BCUT2D eigenvalue weighted by Crippen LogP contribution is -2.40. The zero-order chi connectivity index (χ0) is 31.5. The normalized spacial score (nSPS) is 14.5. The van der Waals surface area contributed by atoms with E-state index < -0.39 is 6.04 Å². The first kappa shape index (κ1) is 29.8. The maximum Gasteiger partial charge on any atom is 0.271 e. The molecule has 0 saturated heterocycles. The van der Waals surface area contributed by atoms with Gasteiger partial charge in [-0.2, -0.15) is 0 Å². The van der Waals surface area contributed by atoms with Gasteiger partial charge in [-0.25, -0.2) is 4.99 Å². The van der Waals surface area contributed by atoms with Crippen LogP contribution in [0.25, 0.3) is 6.08 Å². The number of ether oxygens (including phenoxy) is 2. The molecule has 0 spiro atoms. The number of rotatable bonds is 8. The fourth-order valence-electron chi connectivity index (χ4n) is 5.49. The lowest BCUT2D eigenvalue weighted by Gasteiger charge is -2.25. The van der Waals surface area contributed by atoms with Crippen molar-refractivity contribution in [1.82, 2.24) is 4.57 Å². The van der Waals surface area contributed by atoms with Gasteiger partial charge in [0.25, 0.3) is 11.5 Å². The molecule has 1 atom stereocenters. The highest BCUT2D eigenvalue weighted by Crippen LogP contribution is 2.31. The molecule has 45 heavy (non-hydrogen) atoms. The summed E-state index contributed by atoms with van der Waals surface area (Å²) < 4.78 is 13.9. The average molecular weight is 616 g/mol. The SMILES string of the molecule is COc1ccc(C=c2sc3n(c2=O)[C@H](c2ccccc2)C(C(=O)Nc2ccccc2C)=C(C)N=3)cc1COc1ccccc1C. The molecular formula is C37H33N3O4S. The monoisotopic (exact) mass is 615 g/mol. The number of para-hydroxylation sites is 2. The van der Waals surface area contributed by atoms with Crippen molar-refractivity contribution in [1.29, 1.82) is 0 Å². The highest BCUT2D eigenvalue weighted by molar-refractivity contribution is 7.07. The van der Waals surface area contributed by atoms with Gasteiger partial charge in [-0.3, -0.25) is 14.2 Å². The fraction of sp³-hybridized carbons (Fsp3) is 0.162. The molecule has 4 aromatic carbocycles. The Hall–Kier alpha value is -5.21. The van der Waals surface area contributed by atoms with Crippen LogP contribution in [-0.2, 0) is 11.4 Å². The number of hydrogen-bond donors (Lipinski definition) is 1. The summed E-state index contributed by atoms with van der Waals surface area (Å²) in [5.74, 6) is 1.21. The number of hydrogen-bond acceptors (Lipinski definition) is 6. The van der Waals surface area contributed by atoms with Crippen LogP contribution in [0.5, 0.6) is 11.5 Å². The van der Waals surface area contributed by atoms with E-state index in [0.717, 1.165) is 33.6 Å². The van der Waals surface area contributed by atoms with E-state index in [1.165, 1.54) is 11.3 Å².